The number of aliphatic carboxylic acids is 1. The summed E-state index contributed by atoms with van der Waals surface area (Å²) in [7, 11) is 0. The second-order valence-corrected chi connectivity index (χ2v) is 3.50. The molecule has 1 aliphatic rings. The van der Waals surface area contributed by atoms with Gasteiger partial charge in [0.1, 0.15) is 11.2 Å². The predicted molar refractivity (Wildman–Crippen MR) is 51.8 cm³/mol. The molecule has 1 unspecified atom stereocenters. The van der Waals surface area contributed by atoms with Crippen molar-refractivity contribution in [2.45, 2.75) is 5.41 Å². The zero-order valence-corrected chi connectivity index (χ0v) is 7.77. The fraction of sp³-hybridized carbons (Fsp3) is 0.182. The van der Waals surface area contributed by atoms with Crippen molar-refractivity contribution in [1.82, 2.24) is 0 Å². The van der Waals surface area contributed by atoms with E-state index in [1.165, 1.54) is 30.4 Å². The zero-order chi connectivity index (χ0) is 11.1. The summed E-state index contributed by atoms with van der Waals surface area (Å²) in [5.74, 6) is -1.55. The standard InChI is InChI=1S/C11H9FO3/c12-8-1-2-9-7(5-8)3-4-11(9,6-13)10(14)15/h1-5,13H,6H2,(H,14,15). The number of halogens is 1. The second kappa shape index (κ2) is 3.17. The third-order valence-corrected chi connectivity index (χ3v) is 2.67. The first kappa shape index (κ1) is 9.86. The fourth-order valence-electron chi connectivity index (χ4n) is 1.79. The van der Waals surface area contributed by atoms with Gasteiger partial charge in [-0.15, -0.1) is 0 Å². The van der Waals surface area contributed by atoms with Crippen LogP contribution in [0.15, 0.2) is 24.3 Å². The van der Waals surface area contributed by atoms with Crippen molar-refractivity contribution < 1.29 is 19.4 Å². The molecule has 15 heavy (non-hydrogen) atoms. The molecule has 0 saturated heterocycles. The lowest BCUT2D eigenvalue weighted by Gasteiger charge is -2.21. The third kappa shape index (κ3) is 1.26. The summed E-state index contributed by atoms with van der Waals surface area (Å²) in [4.78, 5) is 11.1. The monoisotopic (exact) mass is 208 g/mol. The van der Waals surface area contributed by atoms with Gasteiger partial charge in [-0.2, -0.15) is 0 Å². The molecule has 1 aliphatic carbocycles. The lowest BCUT2D eigenvalue weighted by Crippen LogP contribution is -2.36. The van der Waals surface area contributed by atoms with Gasteiger partial charge in [0, 0.05) is 0 Å². The first-order valence-electron chi connectivity index (χ1n) is 4.44. The van der Waals surface area contributed by atoms with Crippen LogP contribution in [0.1, 0.15) is 11.1 Å². The van der Waals surface area contributed by atoms with Gasteiger partial charge in [0.2, 0.25) is 0 Å². The van der Waals surface area contributed by atoms with Gasteiger partial charge < -0.3 is 10.2 Å². The van der Waals surface area contributed by atoms with Crippen LogP contribution in [0.3, 0.4) is 0 Å². The molecule has 1 atom stereocenters. The minimum Gasteiger partial charge on any atom is -0.480 e. The van der Waals surface area contributed by atoms with Crippen molar-refractivity contribution in [1.29, 1.82) is 0 Å². The highest BCUT2D eigenvalue weighted by atomic mass is 19.1. The van der Waals surface area contributed by atoms with Crippen molar-refractivity contribution >= 4 is 12.0 Å². The molecule has 0 saturated carbocycles. The van der Waals surface area contributed by atoms with Gasteiger partial charge in [-0.25, -0.2) is 4.39 Å². The molecule has 0 aromatic heterocycles. The molecule has 0 fully saturated rings. The molecule has 0 spiro atoms. The topological polar surface area (TPSA) is 57.5 Å². The Balaban J connectivity index is 2.61. The first-order chi connectivity index (χ1) is 7.10. The smallest absolute Gasteiger partial charge is 0.320 e. The van der Waals surface area contributed by atoms with Crippen LogP contribution in [0.5, 0.6) is 0 Å². The molecule has 1 aromatic carbocycles. The Kier molecular flexibility index (Phi) is 2.08. The number of aliphatic hydroxyl groups excluding tert-OH is 1. The molecule has 2 rings (SSSR count). The van der Waals surface area contributed by atoms with Crippen LogP contribution in [0.4, 0.5) is 4.39 Å². The van der Waals surface area contributed by atoms with Crippen molar-refractivity contribution in [3.05, 3.63) is 41.2 Å². The van der Waals surface area contributed by atoms with Crippen molar-refractivity contribution in [2.24, 2.45) is 0 Å². The number of rotatable bonds is 2. The molecule has 78 valence electrons. The lowest BCUT2D eigenvalue weighted by molar-refractivity contribution is -0.143. The van der Waals surface area contributed by atoms with Crippen LogP contribution in [0.25, 0.3) is 6.08 Å². The van der Waals surface area contributed by atoms with E-state index in [1.807, 2.05) is 0 Å². The average Bonchev–Trinajstić information content (AvgIpc) is 2.56. The van der Waals surface area contributed by atoms with Gasteiger partial charge >= 0.3 is 5.97 Å². The third-order valence-electron chi connectivity index (χ3n) is 2.67. The largest absolute Gasteiger partial charge is 0.480 e. The molecular formula is C11H9FO3. The lowest BCUT2D eigenvalue weighted by atomic mass is 9.83. The summed E-state index contributed by atoms with van der Waals surface area (Å²) in [5, 5.41) is 18.3. The van der Waals surface area contributed by atoms with Gasteiger partial charge in [0.15, 0.2) is 0 Å². The minimum absolute atomic E-state index is 0.419. The summed E-state index contributed by atoms with van der Waals surface area (Å²) in [6, 6.07) is 3.85. The van der Waals surface area contributed by atoms with E-state index < -0.39 is 23.8 Å². The van der Waals surface area contributed by atoms with Gasteiger partial charge in [-0.3, -0.25) is 4.79 Å². The van der Waals surface area contributed by atoms with Gasteiger partial charge in [-0.05, 0) is 23.3 Å². The maximum atomic E-state index is 12.9. The number of carboxylic acid groups (broad SMARTS) is 1. The summed E-state index contributed by atoms with van der Waals surface area (Å²) < 4.78 is 12.9. The Morgan fingerprint density at radius 2 is 2.20 bits per heavy atom. The molecule has 0 amide bonds. The summed E-state index contributed by atoms with van der Waals surface area (Å²) in [6.45, 7) is -0.530. The Bertz CT molecular complexity index is 453. The van der Waals surface area contributed by atoms with E-state index in [9.17, 15) is 14.3 Å². The highest BCUT2D eigenvalue weighted by Gasteiger charge is 2.41. The van der Waals surface area contributed by atoms with Crippen LogP contribution in [-0.2, 0) is 10.2 Å². The average molecular weight is 208 g/mol. The Morgan fingerprint density at radius 3 is 2.80 bits per heavy atom. The van der Waals surface area contributed by atoms with Gasteiger partial charge in [-0.1, -0.05) is 18.2 Å². The number of carbonyl (C=O) groups is 1. The van der Waals surface area contributed by atoms with Crippen molar-refractivity contribution in [3.63, 3.8) is 0 Å². The number of hydrogen-bond donors (Lipinski definition) is 2. The molecule has 0 bridgehead atoms. The second-order valence-electron chi connectivity index (χ2n) is 3.50. The van der Waals surface area contributed by atoms with E-state index in [2.05, 4.69) is 0 Å². The Labute approximate surface area is 85.5 Å². The quantitative estimate of drug-likeness (QED) is 0.766. The van der Waals surface area contributed by atoms with Crippen molar-refractivity contribution in [2.75, 3.05) is 6.61 Å². The van der Waals surface area contributed by atoms with Crippen LogP contribution < -0.4 is 0 Å². The van der Waals surface area contributed by atoms with E-state index in [1.54, 1.807) is 0 Å². The molecule has 4 heteroatoms. The number of hydrogen-bond acceptors (Lipinski definition) is 2. The fourth-order valence-corrected chi connectivity index (χ4v) is 1.79. The number of benzene rings is 1. The molecule has 1 aromatic rings. The molecule has 0 heterocycles. The van der Waals surface area contributed by atoms with Crippen molar-refractivity contribution in [3.8, 4) is 0 Å². The zero-order valence-electron chi connectivity index (χ0n) is 7.77. The molecule has 0 aliphatic heterocycles. The number of carboxylic acids is 1. The maximum absolute atomic E-state index is 12.9. The molecule has 2 N–H and O–H groups in total. The molecule has 3 nitrogen and oxygen atoms in total. The highest BCUT2D eigenvalue weighted by Crippen LogP contribution is 2.36. The SMILES string of the molecule is O=C(O)C1(CO)C=Cc2cc(F)ccc21. The normalized spacial score (nSPS) is 22.8. The summed E-state index contributed by atoms with van der Waals surface area (Å²) in [5.41, 5.74) is -0.478. The Morgan fingerprint density at radius 1 is 1.47 bits per heavy atom. The van der Waals surface area contributed by atoms with Crippen LogP contribution in [0, 0.1) is 5.82 Å². The van der Waals surface area contributed by atoms with Crippen LogP contribution >= 0.6 is 0 Å². The number of aliphatic hydroxyl groups is 1. The first-order valence-corrected chi connectivity index (χ1v) is 4.44. The molecular weight excluding hydrogens is 199 g/mol. The van der Waals surface area contributed by atoms with E-state index in [4.69, 9.17) is 5.11 Å². The summed E-state index contributed by atoms with van der Waals surface area (Å²) >= 11 is 0. The highest BCUT2D eigenvalue weighted by molar-refractivity contribution is 5.90. The van der Waals surface area contributed by atoms with Crippen LogP contribution in [0.2, 0.25) is 0 Å². The number of fused-ring (bicyclic) bond motifs is 1. The van der Waals surface area contributed by atoms with E-state index in [-0.39, 0.29) is 0 Å². The van der Waals surface area contributed by atoms with Crippen LogP contribution in [-0.4, -0.2) is 22.8 Å². The van der Waals surface area contributed by atoms with Gasteiger partial charge in [0.05, 0.1) is 6.61 Å². The Hall–Kier alpha value is -1.68. The predicted octanol–water partition coefficient (Wildman–Crippen LogP) is 1.17. The van der Waals surface area contributed by atoms with E-state index in [0.29, 0.717) is 11.1 Å². The summed E-state index contributed by atoms with van der Waals surface area (Å²) in [6.07, 6.45) is 2.90. The van der Waals surface area contributed by atoms with Gasteiger partial charge in [0.25, 0.3) is 0 Å². The van der Waals surface area contributed by atoms with E-state index in [0.717, 1.165) is 0 Å². The maximum Gasteiger partial charge on any atom is 0.320 e. The minimum atomic E-state index is -1.41. The van der Waals surface area contributed by atoms with E-state index >= 15 is 0 Å². The molecule has 0 radical (unpaired) electrons.